The van der Waals surface area contributed by atoms with Gasteiger partial charge in [-0.1, -0.05) is 43.6 Å². The third kappa shape index (κ3) is 5.61. The molecule has 1 amide bonds. The van der Waals surface area contributed by atoms with Crippen LogP contribution in [0.2, 0.25) is 0 Å². The van der Waals surface area contributed by atoms with E-state index in [0.29, 0.717) is 29.7 Å². The average molecular weight is 500 g/mol. The molecular formula is C29H41NO6. The lowest BCUT2D eigenvalue weighted by Crippen LogP contribution is -2.49. The number of fused-ring (bicyclic) bond motifs is 3. The zero-order valence-corrected chi connectivity index (χ0v) is 22.4. The van der Waals surface area contributed by atoms with Crippen LogP contribution in [0.4, 0.5) is 0 Å². The van der Waals surface area contributed by atoms with E-state index in [0.717, 1.165) is 19.3 Å². The van der Waals surface area contributed by atoms with Gasteiger partial charge in [0.25, 0.3) is 5.91 Å². The highest BCUT2D eigenvalue weighted by Gasteiger charge is 2.46. The molecule has 0 fully saturated rings. The van der Waals surface area contributed by atoms with E-state index < -0.39 is 29.6 Å². The number of phenolic OH excluding ortho intramolecular Hbond substituents is 1. The molecule has 198 valence electrons. The van der Waals surface area contributed by atoms with Gasteiger partial charge in [-0.3, -0.25) is 4.79 Å². The molecule has 7 heteroatoms. The summed E-state index contributed by atoms with van der Waals surface area (Å²) in [5.41, 5.74) is 3.02. The number of aliphatic carboxylic acids is 1. The topological polar surface area (TPSA) is 107 Å². The summed E-state index contributed by atoms with van der Waals surface area (Å²) in [6.07, 6.45) is 7.67. The number of aliphatic hydroxyl groups is 1. The molecule has 0 bridgehead atoms. The summed E-state index contributed by atoms with van der Waals surface area (Å²) < 4.78 is 6.40. The van der Waals surface area contributed by atoms with Gasteiger partial charge in [-0.05, 0) is 65.4 Å². The summed E-state index contributed by atoms with van der Waals surface area (Å²) in [6, 6.07) is 0.427. The molecule has 3 rings (SSSR count). The van der Waals surface area contributed by atoms with Gasteiger partial charge in [0.1, 0.15) is 23.1 Å². The molecule has 0 saturated heterocycles. The molecule has 0 saturated carbocycles. The third-order valence-corrected chi connectivity index (χ3v) is 7.72. The number of carbonyl (C=O) groups excluding carboxylic acids is 1. The van der Waals surface area contributed by atoms with Crippen LogP contribution in [-0.4, -0.2) is 49.8 Å². The summed E-state index contributed by atoms with van der Waals surface area (Å²) >= 11 is 0. The number of carboxylic acids is 1. The number of benzene rings is 1. The van der Waals surface area contributed by atoms with Gasteiger partial charge < -0.3 is 25.0 Å². The Morgan fingerprint density at radius 3 is 2.56 bits per heavy atom. The fraction of sp³-hybridized carbons (Fsp3) is 0.586. The second-order valence-corrected chi connectivity index (χ2v) is 10.9. The van der Waals surface area contributed by atoms with E-state index in [-0.39, 0.29) is 30.2 Å². The first-order chi connectivity index (χ1) is 16.9. The predicted molar refractivity (Wildman–Crippen MR) is 139 cm³/mol. The first-order valence-corrected chi connectivity index (χ1v) is 13.0. The molecular weight excluding hydrogens is 458 g/mol. The molecule has 4 atom stereocenters. The Hall–Kier alpha value is -2.80. The third-order valence-electron chi connectivity index (χ3n) is 7.72. The summed E-state index contributed by atoms with van der Waals surface area (Å²) in [7, 11) is 0. The fourth-order valence-electron chi connectivity index (χ4n) is 5.15. The molecule has 0 spiro atoms. The molecule has 36 heavy (non-hydrogen) atoms. The van der Waals surface area contributed by atoms with Gasteiger partial charge in [-0.25, -0.2) is 4.79 Å². The molecule has 0 radical (unpaired) electrons. The van der Waals surface area contributed by atoms with Crippen LogP contribution in [0, 0.1) is 5.92 Å². The van der Waals surface area contributed by atoms with Crippen molar-refractivity contribution in [2.75, 3.05) is 0 Å². The summed E-state index contributed by atoms with van der Waals surface area (Å²) in [5.74, 6) is -1.39. The number of rotatable bonds is 10. The van der Waals surface area contributed by atoms with Gasteiger partial charge in [-0.15, -0.1) is 0 Å². The molecule has 1 aromatic rings. The number of phenols is 1. The number of hydrogen-bond acceptors (Lipinski definition) is 5. The molecule has 2 aliphatic heterocycles. The molecule has 2 aliphatic rings. The van der Waals surface area contributed by atoms with Crippen LogP contribution in [0.25, 0.3) is 0 Å². The smallest absolute Gasteiger partial charge is 0.326 e. The van der Waals surface area contributed by atoms with E-state index in [9.17, 15) is 24.9 Å². The van der Waals surface area contributed by atoms with Crippen molar-refractivity contribution in [2.24, 2.45) is 5.92 Å². The van der Waals surface area contributed by atoms with Crippen LogP contribution in [0.5, 0.6) is 11.5 Å². The monoisotopic (exact) mass is 499 g/mol. The van der Waals surface area contributed by atoms with Crippen molar-refractivity contribution in [3.8, 4) is 11.5 Å². The quantitative estimate of drug-likeness (QED) is 0.373. The maximum absolute atomic E-state index is 13.2. The fourth-order valence-corrected chi connectivity index (χ4v) is 5.15. The first kappa shape index (κ1) is 27.8. The minimum atomic E-state index is -1.04. The van der Waals surface area contributed by atoms with E-state index in [4.69, 9.17) is 4.74 Å². The largest absolute Gasteiger partial charge is 0.508 e. The number of nitrogens with zero attached hydrogens (tertiary/aromatic N) is 1. The first-order valence-electron chi connectivity index (χ1n) is 13.0. The molecule has 2 heterocycles. The Morgan fingerprint density at radius 2 is 1.94 bits per heavy atom. The standard InChI is InChI=1S/C29H41NO6/c1-7-19(5)25(28(34)35)30-16-22-20(27(30)33)14-23(31)21-15-24(32)29(6,36-26(21)22)13-9-12-18(4)11-8-10-17(2)3/h10,12,14,19,24-25,31-32H,7-9,11,13,15-16H2,1-6H3,(H,34,35)/b18-12+/t19?,24-,25?,29-/m1/s1. The summed E-state index contributed by atoms with van der Waals surface area (Å²) in [5, 5.41) is 31.5. The number of allylic oxidation sites excluding steroid dienone is 4. The van der Waals surface area contributed by atoms with Crippen molar-refractivity contribution in [3.05, 3.63) is 46.1 Å². The van der Waals surface area contributed by atoms with Crippen LogP contribution in [-0.2, 0) is 17.8 Å². The minimum absolute atomic E-state index is 0.105. The average Bonchev–Trinajstić information content (AvgIpc) is 3.10. The van der Waals surface area contributed by atoms with Crippen LogP contribution in [0.1, 0.15) is 95.1 Å². The van der Waals surface area contributed by atoms with Gasteiger partial charge in [0, 0.05) is 17.5 Å². The van der Waals surface area contributed by atoms with Crippen molar-refractivity contribution in [1.29, 1.82) is 0 Å². The van der Waals surface area contributed by atoms with E-state index in [1.165, 1.54) is 22.1 Å². The SMILES string of the molecule is CCC(C)C(C(=O)O)N1Cc2c(cc(O)c3c2O[C@](C)(CC/C=C(\C)CCC=C(C)C)[C@H](O)C3)C1=O. The lowest BCUT2D eigenvalue weighted by atomic mass is 9.84. The van der Waals surface area contributed by atoms with E-state index in [2.05, 4.69) is 32.9 Å². The number of aromatic hydroxyl groups is 1. The van der Waals surface area contributed by atoms with Crippen LogP contribution >= 0.6 is 0 Å². The number of aliphatic hydroxyl groups excluding tert-OH is 1. The summed E-state index contributed by atoms with van der Waals surface area (Å²) in [4.78, 5) is 26.6. The zero-order chi connectivity index (χ0) is 26.8. The van der Waals surface area contributed by atoms with Crippen molar-refractivity contribution in [2.45, 2.75) is 104 Å². The molecule has 2 unspecified atom stereocenters. The number of carbonyl (C=O) groups is 2. The van der Waals surface area contributed by atoms with Gasteiger partial charge >= 0.3 is 5.97 Å². The maximum Gasteiger partial charge on any atom is 0.326 e. The predicted octanol–water partition coefficient (Wildman–Crippen LogP) is 5.37. The number of ether oxygens (including phenoxy) is 1. The zero-order valence-electron chi connectivity index (χ0n) is 22.4. The Labute approximate surface area is 214 Å². The van der Waals surface area contributed by atoms with Gasteiger partial charge in [0.2, 0.25) is 0 Å². The van der Waals surface area contributed by atoms with Crippen molar-refractivity contribution in [3.63, 3.8) is 0 Å². The maximum atomic E-state index is 13.2. The Bertz CT molecular complexity index is 1070. The molecule has 1 aromatic carbocycles. The highest BCUT2D eigenvalue weighted by molar-refractivity contribution is 6.02. The molecule has 7 nitrogen and oxygen atoms in total. The second-order valence-electron chi connectivity index (χ2n) is 10.9. The van der Waals surface area contributed by atoms with E-state index in [1.807, 2.05) is 20.8 Å². The Morgan fingerprint density at radius 1 is 1.25 bits per heavy atom. The number of carboxylic acid groups (broad SMARTS) is 1. The normalized spacial score (nSPS) is 23.0. The van der Waals surface area contributed by atoms with Gasteiger partial charge in [0.15, 0.2) is 0 Å². The summed E-state index contributed by atoms with van der Waals surface area (Å²) in [6.45, 7) is 12.0. The second kappa shape index (κ2) is 11.1. The number of hydrogen-bond donors (Lipinski definition) is 3. The lowest BCUT2D eigenvalue weighted by Gasteiger charge is -2.41. The highest BCUT2D eigenvalue weighted by Crippen LogP contribution is 2.47. The van der Waals surface area contributed by atoms with Gasteiger partial charge in [0.05, 0.1) is 18.2 Å². The van der Waals surface area contributed by atoms with Gasteiger partial charge in [-0.2, -0.15) is 0 Å². The Balaban J connectivity index is 1.85. The lowest BCUT2D eigenvalue weighted by molar-refractivity contribution is -0.144. The molecule has 3 N–H and O–H groups in total. The Kier molecular flexibility index (Phi) is 8.55. The molecule has 0 aromatic heterocycles. The van der Waals surface area contributed by atoms with Crippen LogP contribution < -0.4 is 4.74 Å². The highest BCUT2D eigenvalue weighted by atomic mass is 16.5. The molecule has 0 aliphatic carbocycles. The van der Waals surface area contributed by atoms with E-state index in [1.54, 1.807) is 0 Å². The van der Waals surface area contributed by atoms with Crippen molar-refractivity contribution in [1.82, 2.24) is 4.90 Å². The van der Waals surface area contributed by atoms with Crippen molar-refractivity contribution >= 4 is 11.9 Å². The van der Waals surface area contributed by atoms with Crippen LogP contribution in [0.15, 0.2) is 29.4 Å². The van der Waals surface area contributed by atoms with Crippen molar-refractivity contribution < 1.29 is 29.6 Å². The number of amides is 1. The van der Waals surface area contributed by atoms with E-state index >= 15 is 0 Å². The van der Waals surface area contributed by atoms with Crippen LogP contribution in [0.3, 0.4) is 0 Å². The minimum Gasteiger partial charge on any atom is -0.508 e.